The summed E-state index contributed by atoms with van der Waals surface area (Å²) in [5.74, 6) is 0.844. The van der Waals surface area contributed by atoms with E-state index in [0.717, 1.165) is 51.7 Å². The molecular weight excluding hydrogens is 272 g/mol. The first-order chi connectivity index (χ1) is 10.2. The summed E-state index contributed by atoms with van der Waals surface area (Å²) in [7, 11) is 0. The van der Waals surface area contributed by atoms with Crippen LogP contribution in [0.2, 0.25) is 0 Å². The second kappa shape index (κ2) is 6.13. The van der Waals surface area contributed by atoms with Crippen molar-refractivity contribution in [3.05, 3.63) is 11.8 Å². The molecule has 0 unspecified atom stereocenters. The summed E-state index contributed by atoms with van der Waals surface area (Å²) in [5, 5.41) is 17.5. The van der Waals surface area contributed by atoms with Crippen molar-refractivity contribution in [2.24, 2.45) is 5.41 Å². The predicted octanol–water partition coefficient (Wildman–Crippen LogP) is 2.54. The number of aromatic nitrogens is 2. The third kappa shape index (κ3) is 3.43. The van der Waals surface area contributed by atoms with E-state index in [1.165, 1.54) is 0 Å². The fraction of sp³-hybridized carbons (Fsp3) is 0.800. The summed E-state index contributed by atoms with van der Waals surface area (Å²) in [4.78, 5) is 11.1. The Balaban J connectivity index is 1.68. The van der Waals surface area contributed by atoms with Crippen molar-refractivity contribution in [1.82, 2.24) is 10.2 Å². The van der Waals surface area contributed by atoms with Gasteiger partial charge in [0.2, 0.25) is 11.8 Å². The lowest BCUT2D eigenvalue weighted by molar-refractivity contribution is -0.139. The molecule has 6 heteroatoms. The Morgan fingerprint density at radius 2 is 1.95 bits per heavy atom. The van der Waals surface area contributed by atoms with Crippen molar-refractivity contribution >= 4 is 5.97 Å². The van der Waals surface area contributed by atoms with Crippen molar-refractivity contribution in [2.75, 3.05) is 13.2 Å². The van der Waals surface area contributed by atoms with Gasteiger partial charge >= 0.3 is 5.97 Å². The van der Waals surface area contributed by atoms with Crippen LogP contribution in [0.4, 0.5) is 0 Å². The summed E-state index contributed by atoms with van der Waals surface area (Å²) in [5.41, 5.74) is -0.189. The number of aliphatic carboxylic acids is 1. The first kappa shape index (κ1) is 14.5. The van der Waals surface area contributed by atoms with Crippen LogP contribution in [-0.2, 0) is 16.0 Å². The monoisotopic (exact) mass is 294 g/mol. The van der Waals surface area contributed by atoms with E-state index in [-0.39, 0.29) is 11.8 Å². The zero-order chi connectivity index (χ0) is 14.7. The van der Waals surface area contributed by atoms with E-state index < -0.39 is 5.97 Å². The Labute approximate surface area is 123 Å². The number of rotatable bonds is 5. The van der Waals surface area contributed by atoms with Gasteiger partial charge in [-0.1, -0.05) is 12.8 Å². The number of hydrogen-bond acceptors (Lipinski definition) is 5. The third-order valence-electron chi connectivity index (χ3n) is 4.77. The second-order valence-electron chi connectivity index (χ2n) is 6.38. The average Bonchev–Trinajstić information content (AvgIpc) is 3.09. The molecule has 116 valence electrons. The van der Waals surface area contributed by atoms with Gasteiger partial charge in [0.15, 0.2) is 0 Å². The lowest BCUT2D eigenvalue weighted by atomic mass is 9.79. The summed E-state index contributed by atoms with van der Waals surface area (Å²) in [6, 6.07) is 0. The van der Waals surface area contributed by atoms with Crippen LogP contribution in [0.5, 0.6) is 0 Å². The van der Waals surface area contributed by atoms with Gasteiger partial charge in [-0.3, -0.25) is 4.79 Å². The predicted molar refractivity (Wildman–Crippen MR) is 73.9 cm³/mol. The molecule has 3 rings (SSSR count). The molecule has 2 aliphatic rings. The minimum absolute atomic E-state index is 0.189. The summed E-state index contributed by atoms with van der Waals surface area (Å²) >= 11 is 0. The van der Waals surface area contributed by atoms with E-state index in [4.69, 9.17) is 14.3 Å². The molecule has 0 aromatic carbocycles. The molecular formula is C15H22N2O4. The summed E-state index contributed by atoms with van der Waals surface area (Å²) in [6.45, 7) is 1.48. The first-order valence-corrected chi connectivity index (χ1v) is 7.79. The van der Waals surface area contributed by atoms with Gasteiger partial charge in [0.05, 0.1) is 6.42 Å². The van der Waals surface area contributed by atoms with E-state index in [0.29, 0.717) is 24.1 Å². The molecule has 0 spiro atoms. The molecule has 2 fully saturated rings. The lowest BCUT2D eigenvalue weighted by Crippen LogP contribution is -2.24. The average molecular weight is 294 g/mol. The largest absolute Gasteiger partial charge is 0.481 e. The minimum Gasteiger partial charge on any atom is -0.481 e. The zero-order valence-electron chi connectivity index (χ0n) is 12.2. The van der Waals surface area contributed by atoms with Gasteiger partial charge in [-0.2, -0.15) is 0 Å². The van der Waals surface area contributed by atoms with Gasteiger partial charge in [0.25, 0.3) is 0 Å². The maximum absolute atomic E-state index is 11.1. The van der Waals surface area contributed by atoms with Crippen LogP contribution in [0.1, 0.15) is 62.6 Å². The number of nitrogens with zero attached hydrogens (tertiary/aromatic N) is 2. The highest BCUT2D eigenvalue weighted by atomic mass is 16.5. The van der Waals surface area contributed by atoms with E-state index >= 15 is 0 Å². The van der Waals surface area contributed by atoms with Crippen molar-refractivity contribution in [1.29, 1.82) is 0 Å². The van der Waals surface area contributed by atoms with Crippen LogP contribution in [-0.4, -0.2) is 34.5 Å². The molecule has 0 amide bonds. The Kier molecular flexibility index (Phi) is 4.24. The molecule has 0 bridgehead atoms. The molecule has 1 aliphatic heterocycles. The molecule has 1 N–H and O–H groups in total. The SMILES string of the molecule is O=C(O)CC1(Cc2nnc(C3CCOCC3)o2)CCCC1. The van der Waals surface area contributed by atoms with Crippen LogP contribution < -0.4 is 0 Å². The Morgan fingerprint density at radius 3 is 2.62 bits per heavy atom. The van der Waals surface area contributed by atoms with E-state index in [2.05, 4.69) is 10.2 Å². The molecule has 1 aromatic rings. The number of carboxylic acids is 1. The standard InChI is InChI=1S/C15H22N2O4/c18-13(19)10-15(5-1-2-6-15)9-12-16-17-14(21-12)11-3-7-20-8-4-11/h11H,1-10H2,(H,18,19). The Hall–Kier alpha value is -1.43. The molecule has 1 saturated heterocycles. The molecule has 21 heavy (non-hydrogen) atoms. The van der Waals surface area contributed by atoms with Crippen molar-refractivity contribution in [3.63, 3.8) is 0 Å². The van der Waals surface area contributed by atoms with Gasteiger partial charge in [-0.05, 0) is 31.1 Å². The fourth-order valence-electron chi connectivity index (χ4n) is 3.63. The zero-order valence-corrected chi connectivity index (χ0v) is 12.2. The molecule has 0 radical (unpaired) electrons. The van der Waals surface area contributed by atoms with E-state index in [9.17, 15) is 4.79 Å². The normalized spacial score (nSPS) is 22.5. The quantitative estimate of drug-likeness (QED) is 0.898. The van der Waals surface area contributed by atoms with Crippen LogP contribution in [0.25, 0.3) is 0 Å². The molecule has 1 aliphatic carbocycles. The molecule has 0 atom stereocenters. The number of hydrogen-bond donors (Lipinski definition) is 1. The Bertz CT molecular complexity index is 488. The van der Waals surface area contributed by atoms with E-state index in [1.54, 1.807) is 0 Å². The Morgan fingerprint density at radius 1 is 1.24 bits per heavy atom. The van der Waals surface area contributed by atoms with Crippen molar-refractivity contribution < 1.29 is 19.1 Å². The number of carboxylic acid groups (broad SMARTS) is 1. The maximum atomic E-state index is 11.1. The molecule has 6 nitrogen and oxygen atoms in total. The van der Waals surface area contributed by atoms with Gasteiger partial charge < -0.3 is 14.3 Å². The molecule has 1 aromatic heterocycles. The highest BCUT2D eigenvalue weighted by Crippen LogP contribution is 2.43. The highest BCUT2D eigenvalue weighted by Gasteiger charge is 2.38. The highest BCUT2D eigenvalue weighted by molar-refractivity contribution is 5.67. The van der Waals surface area contributed by atoms with Crippen molar-refractivity contribution in [3.8, 4) is 0 Å². The number of carbonyl (C=O) groups is 1. The van der Waals surface area contributed by atoms with Gasteiger partial charge in [0.1, 0.15) is 0 Å². The first-order valence-electron chi connectivity index (χ1n) is 7.79. The molecule has 1 saturated carbocycles. The van der Waals surface area contributed by atoms with Crippen molar-refractivity contribution in [2.45, 2.75) is 57.3 Å². The third-order valence-corrected chi connectivity index (χ3v) is 4.77. The summed E-state index contributed by atoms with van der Waals surface area (Å²) in [6.07, 6.45) is 6.69. The van der Waals surface area contributed by atoms with Gasteiger partial charge in [-0.25, -0.2) is 0 Å². The number of ether oxygens (including phenoxy) is 1. The maximum Gasteiger partial charge on any atom is 0.303 e. The minimum atomic E-state index is -0.735. The topological polar surface area (TPSA) is 85.5 Å². The fourth-order valence-corrected chi connectivity index (χ4v) is 3.63. The van der Waals surface area contributed by atoms with Crippen LogP contribution in [0, 0.1) is 5.41 Å². The lowest BCUT2D eigenvalue weighted by Gasteiger charge is -2.25. The second-order valence-corrected chi connectivity index (χ2v) is 6.38. The molecule has 2 heterocycles. The van der Waals surface area contributed by atoms with Crippen LogP contribution in [0.3, 0.4) is 0 Å². The summed E-state index contributed by atoms with van der Waals surface area (Å²) < 4.78 is 11.2. The van der Waals surface area contributed by atoms with E-state index in [1.807, 2.05) is 0 Å². The van der Waals surface area contributed by atoms with Gasteiger partial charge in [-0.15, -0.1) is 10.2 Å². The van der Waals surface area contributed by atoms with Crippen LogP contribution >= 0.6 is 0 Å². The smallest absolute Gasteiger partial charge is 0.303 e. The van der Waals surface area contributed by atoms with Crippen LogP contribution in [0.15, 0.2) is 4.42 Å². The van der Waals surface area contributed by atoms with Gasteiger partial charge in [0, 0.05) is 25.6 Å².